The number of aromatic nitrogens is 5. The first-order valence-electron chi connectivity index (χ1n) is 12.3. The number of nitrogens with one attached hydrogen (secondary N) is 1. The molecule has 0 atom stereocenters. The Morgan fingerprint density at radius 3 is 2.72 bits per heavy atom. The zero-order valence-electron chi connectivity index (χ0n) is 20.8. The van der Waals surface area contributed by atoms with Gasteiger partial charge >= 0.3 is 0 Å². The summed E-state index contributed by atoms with van der Waals surface area (Å²) in [5.74, 6) is 0.790. The van der Waals surface area contributed by atoms with Gasteiger partial charge in [-0.05, 0) is 56.7 Å². The molecule has 1 N–H and O–H groups in total. The summed E-state index contributed by atoms with van der Waals surface area (Å²) in [6.45, 7) is 4.75. The minimum atomic E-state index is -0.252. The van der Waals surface area contributed by atoms with Gasteiger partial charge in [0.25, 0.3) is 5.56 Å². The number of benzene rings is 1. The number of nitrogens with zero attached hydrogens (tertiary/aromatic N) is 5. The molecule has 1 aliphatic rings. The number of aryl methyl sites for hydroxylation is 1. The average Bonchev–Trinajstić information content (AvgIpc) is 3.55. The standard InChI is InChI=1S/C26H30N6O2S2/c1-4-14-31-24(20-15-35-21-13-9-8-12-19(20)21)28-29-26(31)36-16-22(33)27-23-17(2)30(3)32(25(23)34)18-10-6-5-7-11-18/h5-7,10-11,15H,4,8-9,12-14,16H2,1-3H3,(H,27,33). The van der Waals surface area contributed by atoms with E-state index in [0.717, 1.165) is 42.5 Å². The predicted molar refractivity (Wildman–Crippen MR) is 145 cm³/mol. The number of para-hydroxylation sites is 1. The van der Waals surface area contributed by atoms with Crippen LogP contribution in [-0.2, 0) is 31.2 Å². The van der Waals surface area contributed by atoms with Crippen molar-refractivity contribution >= 4 is 34.7 Å². The highest BCUT2D eigenvalue weighted by molar-refractivity contribution is 7.99. The fourth-order valence-electron chi connectivity index (χ4n) is 4.72. The summed E-state index contributed by atoms with van der Waals surface area (Å²) < 4.78 is 5.45. The van der Waals surface area contributed by atoms with E-state index in [1.165, 1.54) is 40.6 Å². The minimum Gasteiger partial charge on any atom is -0.319 e. The largest absolute Gasteiger partial charge is 0.319 e. The van der Waals surface area contributed by atoms with E-state index in [1.807, 2.05) is 55.6 Å². The van der Waals surface area contributed by atoms with Gasteiger partial charge in [-0.1, -0.05) is 36.9 Å². The molecule has 10 heteroatoms. The molecule has 3 aromatic heterocycles. The van der Waals surface area contributed by atoms with E-state index in [4.69, 9.17) is 0 Å². The number of thiophene rings is 1. The quantitative estimate of drug-likeness (QED) is 0.335. The molecule has 8 nitrogen and oxygen atoms in total. The second kappa shape index (κ2) is 10.5. The molecule has 4 aromatic rings. The highest BCUT2D eigenvalue weighted by Gasteiger charge is 2.23. The molecule has 0 aliphatic heterocycles. The molecular formula is C26H30N6O2S2. The highest BCUT2D eigenvalue weighted by atomic mass is 32.2. The van der Waals surface area contributed by atoms with Gasteiger partial charge in [0.2, 0.25) is 5.91 Å². The molecule has 5 rings (SSSR count). The van der Waals surface area contributed by atoms with E-state index >= 15 is 0 Å². The summed E-state index contributed by atoms with van der Waals surface area (Å²) in [6.07, 6.45) is 5.65. The molecule has 188 valence electrons. The van der Waals surface area contributed by atoms with Gasteiger partial charge in [-0.3, -0.25) is 14.3 Å². The lowest BCUT2D eigenvalue weighted by molar-refractivity contribution is -0.113. The number of carbonyl (C=O) groups excluding carboxylic acids is 1. The molecule has 36 heavy (non-hydrogen) atoms. The molecule has 1 amide bonds. The van der Waals surface area contributed by atoms with E-state index in [-0.39, 0.29) is 17.2 Å². The molecule has 0 unspecified atom stereocenters. The monoisotopic (exact) mass is 522 g/mol. The van der Waals surface area contributed by atoms with Gasteiger partial charge < -0.3 is 9.88 Å². The Balaban J connectivity index is 1.34. The van der Waals surface area contributed by atoms with Crippen LogP contribution in [0.3, 0.4) is 0 Å². The Bertz CT molecular complexity index is 1450. The van der Waals surface area contributed by atoms with Gasteiger partial charge in [-0.2, -0.15) is 0 Å². The second-order valence-corrected chi connectivity index (χ2v) is 10.9. The minimum absolute atomic E-state index is 0.142. The lowest BCUT2D eigenvalue weighted by Gasteiger charge is -2.13. The van der Waals surface area contributed by atoms with Gasteiger partial charge in [0, 0.05) is 29.4 Å². The number of thioether (sulfide) groups is 1. The predicted octanol–water partition coefficient (Wildman–Crippen LogP) is 4.82. The number of carbonyl (C=O) groups is 1. The lowest BCUT2D eigenvalue weighted by atomic mass is 9.95. The van der Waals surface area contributed by atoms with Gasteiger partial charge in [0.05, 0.1) is 17.1 Å². The molecular weight excluding hydrogens is 492 g/mol. The van der Waals surface area contributed by atoms with Gasteiger partial charge in [0.1, 0.15) is 5.69 Å². The maximum atomic E-state index is 13.1. The Morgan fingerprint density at radius 2 is 1.94 bits per heavy atom. The molecule has 0 radical (unpaired) electrons. The number of rotatable bonds is 8. The third-order valence-corrected chi connectivity index (χ3v) is 8.67. The molecule has 1 aliphatic carbocycles. The maximum Gasteiger partial charge on any atom is 0.295 e. The third-order valence-electron chi connectivity index (χ3n) is 6.62. The summed E-state index contributed by atoms with van der Waals surface area (Å²) in [6, 6.07) is 9.40. The van der Waals surface area contributed by atoms with Crippen molar-refractivity contribution in [1.29, 1.82) is 0 Å². The van der Waals surface area contributed by atoms with Crippen LogP contribution in [0.1, 0.15) is 42.3 Å². The van der Waals surface area contributed by atoms with Crippen molar-refractivity contribution in [3.05, 3.63) is 62.2 Å². The fraction of sp³-hybridized carbons (Fsp3) is 0.385. The Hall–Kier alpha value is -3.11. The van der Waals surface area contributed by atoms with Crippen molar-refractivity contribution < 1.29 is 4.79 Å². The number of hydrogen-bond acceptors (Lipinski definition) is 6. The first kappa shape index (κ1) is 24.6. The number of amides is 1. The van der Waals surface area contributed by atoms with Crippen LogP contribution in [0.5, 0.6) is 0 Å². The molecule has 0 bridgehead atoms. The zero-order chi connectivity index (χ0) is 25.2. The van der Waals surface area contributed by atoms with Gasteiger partial charge in [-0.25, -0.2) is 4.68 Å². The van der Waals surface area contributed by atoms with Crippen LogP contribution in [0.2, 0.25) is 0 Å². The van der Waals surface area contributed by atoms with Crippen LogP contribution in [0.25, 0.3) is 17.1 Å². The van der Waals surface area contributed by atoms with E-state index in [1.54, 1.807) is 9.36 Å². The van der Waals surface area contributed by atoms with Crippen LogP contribution in [0, 0.1) is 6.92 Å². The van der Waals surface area contributed by atoms with Gasteiger partial charge in [-0.15, -0.1) is 21.5 Å². The van der Waals surface area contributed by atoms with Crippen LogP contribution in [0.15, 0.2) is 45.7 Å². The van der Waals surface area contributed by atoms with E-state index in [0.29, 0.717) is 11.4 Å². The second-order valence-electron chi connectivity index (χ2n) is 8.99. The topological polar surface area (TPSA) is 86.7 Å². The summed E-state index contributed by atoms with van der Waals surface area (Å²) >= 11 is 3.17. The lowest BCUT2D eigenvalue weighted by Crippen LogP contribution is -2.23. The molecule has 0 saturated heterocycles. The zero-order valence-corrected chi connectivity index (χ0v) is 22.4. The SMILES string of the molecule is CCCn1c(SCC(=O)Nc2c(C)n(C)n(-c3ccccc3)c2=O)nnc1-c1csc2c1CCCC2. The molecule has 0 spiro atoms. The Labute approximate surface area is 218 Å². The molecule has 0 fully saturated rings. The summed E-state index contributed by atoms with van der Waals surface area (Å²) in [4.78, 5) is 27.5. The first-order chi connectivity index (χ1) is 17.5. The number of fused-ring (bicyclic) bond motifs is 1. The summed E-state index contributed by atoms with van der Waals surface area (Å²) in [7, 11) is 1.81. The smallest absolute Gasteiger partial charge is 0.295 e. The number of anilines is 1. The molecule has 1 aromatic carbocycles. The van der Waals surface area contributed by atoms with E-state index in [2.05, 4.69) is 32.4 Å². The molecule has 3 heterocycles. The first-order valence-corrected chi connectivity index (χ1v) is 14.2. The van der Waals surface area contributed by atoms with E-state index in [9.17, 15) is 9.59 Å². The van der Waals surface area contributed by atoms with Crippen LogP contribution in [0.4, 0.5) is 5.69 Å². The third kappa shape index (κ3) is 4.55. The van der Waals surface area contributed by atoms with Crippen molar-refractivity contribution in [2.45, 2.75) is 57.7 Å². The Kier molecular flexibility index (Phi) is 7.15. The highest BCUT2D eigenvalue weighted by Crippen LogP contribution is 2.37. The van der Waals surface area contributed by atoms with Crippen LogP contribution < -0.4 is 10.9 Å². The van der Waals surface area contributed by atoms with Gasteiger partial charge in [0.15, 0.2) is 11.0 Å². The van der Waals surface area contributed by atoms with Crippen LogP contribution in [-0.4, -0.2) is 35.8 Å². The normalized spacial score (nSPS) is 13.1. The van der Waals surface area contributed by atoms with Crippen molar-refractivity contribution in [3.63, 3.8) is 0 Å². The van der Waals surface area contributed by atoms with E-state index < -0.39 is 0 Å². The van der Waals surface area contributed by atoms with Crippen LogP contribution >= 0.6 is 23.1 Å². The summed E-state index contributed by atoms with van der Waals surface area (Å²) in [5, 5.41) is 14.8. The van der Waals surface area contributed by atoms with Crippen molar-refractivity contribution in [2.24, 2.45) is 7.05 Å². The summed E-state index contributed by atoms with van der Waals surface area (Å²) in [5.41, 5.74) is 4.10. The average molecular weight is 523 g/mol. The Morgan fingerprint density at radius 1 is 1.17 bits per heavy atom. The fourth-order valence-corrected chi connectivity index (χ4v) is 6.61. The molecule has 0 saturated carbocycles. The van der Waals surface area contributed by atoms with Crippen molar-refractivity contribution in [2.75, 3.05) is 11.1 Å². The van der Waals surface area contributed by atoms with Crippen molar-refractivity contribution in [3.8, 4) is 17.1 Å². The number of hydrogen-bond donors (Lipinski definition) is 1. The maximum absolute atomic E-state index is 13.1. The van der Waals surface area contributed by atoms with Crippen molar-refractivity contribution in [1.82, 2.24) is 24.1 Å².